The maximum Gasteiger partial charge on any atom is 0.292 e. The number of para-hydroxylation sites is 1. The number of hydrogen-bond acceptors (Lipinski definition) is 5. The van der Waals surface area contributed by atoms with E-state index in [2.05, 4.69) is 26.7 Å². The summed E-state index contributed by atoms with van der Waals surface area (Å²) in [5, 5.41) is 4.63. The lowest BCUT2D eigenvalue weighted by molar-refractivity contribution is 0.107. The first-order valence-corrected chi connectivity index (χ1v) is 10.1. The third-order valence-corrected chi connectivity index (χ3v) is 6.13. The van der Waals surface area contributed by atoms with Crippen molar-refractivity contribution in [3.05, 3.63) is 51.9 Å². The van der Waals surface area contributed by atoms with Gasteiger partial charge in [-0.1, -0.05) is 36.7 Å². The molecule has 0 N–H and O–H groups in total. The largest absolute Gasteiger partial charge is 0.367 e. The van der Waals surface area contributed by atoms with Crippen molar-refractivity contribution in [2.24, 2.45) is 0 Å². The van der Waals surface area contributed by atoms with Gasteiger partial charge in [0.1, 0.15) is 5.02 Å². The van der Waals surface area contributed by atoms with E-state index in [-0.39, 0.29) is 10.6 Å². The molecule has 2 aromatic rings. The summed E-state index contributed by atoms with van der Waals surface area (Å²) in [7, 11) is 0. The van der Waals surface area contributed by atoms with E-state index in [0.717, 1.165) is 63.6 Å². The van der Waals surface area contributed by atoms with Crippen molar-refractivity contribution in [1.82, 2.24) is 19.6 Å². The van der Waals surface area contributed by atoms with Gasteiger partial charge in [-0.2, -0.15) is 9.78 Å². The first kappa shape index (κ1) is 18.5. The van der Waals surface area contributed by atoms with Crippen LogP contribution in [-0.2, 0) is 0 Å². The van der Waals surface area contributed by atoms with Crippen LogP contribution in [0.4, 0.5) is 5.69 Å². The Balaban J connectivity index is 1.48. The van der Waals surface area contributed by atoms with Gasteiger partial charge in [0.15, 0.2) is 0 Å². The van der Waals surface area contributed by atoms with Crippen LogP contribution in [0.2, 0.25) is 5.02 Å². The lowest BCUT2D eigenvalue weighted by atomic mass is 10.2. The molecule has 0 radical (unpaired) electrons. The Labute approximate surface area is 164 Å². The zero-order valence-electron chi connectivity index (χ0n) is 15.7. The Bertz CT molecular complexity index is 832. The Kier molecular flexibility index (Phi) is 5.48. The van der Waals surface area contributed by atoms with E-state index < -0.39 is 0 Å². The number of hydrogen-bond donors (Lipinski definition) is 0. The summed E-state index contributed by atoms with van der Waals surface area (Å²) < 4.78 is 1.36. The van der Waals surface area contributed by atoms with Gasteiger partial charge in [-0.25, -0.2) is 0 Å². The molecular formula is C20H26ClN5O. The van der Waals surface area contributed by atoms with Crippen LogP contribution >= 0.6 is 11.6 Å². The highest BCUT2D eigenvalue weighted by atomic mass is 35.5. The molecule has 27 heavy (non-hydrogen) atoms. The maximum atomic E-state index is 12.7. The fourth-order valence-electron chi connectivity index (χ4n) is 4.10. The number of piperazine rings is 1. The Morgan fingerprint density at radius 1 is 1.11 bits per heavy atom. The van der Waals surface area contributed by atoms with Gasteiger partial charge in [0.2, 0.25) is 0 Å². The van der Waals surface area contributed by atoms with Crippen molar-refractivity contribution >= 4 is 17.3 Å². The monoisotopic (exact) mass is 387 g/mol. The number of anilines is 1. The molecule has 144 valence electrons. The average Bonchev–Trinajstić information content (AvgIpc) is 3.20. The van der Waals surface area contributed by atoms with Crippen molar-refractivity contribution < 1.29 is 0 Å². The van der Waals surface area contributed by atoms with Crippen molar-refractivity contribution in [1.29, 1.82) is 0 Å². The topological polar surface area (TPSA) is 44.6 Å². The van der Waals surface area contributed by atoms with E-state index in [1.54, 1.807) is 6.20 Å². The van der Waals surface area contributed by atoms with Crippen LogP contribution in [0.25, 0.3) is 5.69 Å². The molecule has 0 aliphatic carbocycles. The van der Waals surface area contributed by atoms with E-state index in [0.29, 0.717) is 6.04 Å². The first-order valence-electron chi connectivity index (χ1n) is 9.72. The normalized spacial score (nSPS) is 21.7. The molecule has 6 nitrogen and oxygen atoms in total. The van der Waals surface area contributed by atoms with E-state index in [4.69, 9.17) is 11.6 Å². The highest BCUT2D eigenvalue weighted by Crippen LogP contribution is 2.27. The van der Waals surface area contributed by atoms with Gasteiger partial charge < -0.3 is 9.80 Å². The molecule has 2 saturated heterocycles. The summed E-state index contributed by atoms with van der Waals surface area (Å²) in [5.41, 5.74) is 1.22. The van der Waals surface area contributed by atoms with Crippen LogP contribution in [0.1, 0.15) is 13.3 Å². The molecule has 1 aromatic heterocycles. The van der Waals surface area contributed by atoms with E-state index in [1.807, 2.05) is 30.3 Å². The van der Waals surface area contributed by atoms with Crippen LogP contribution in [0.3, 0.4) is 0 Å². The number of nitrogens with zero attached hydrogens (tertiary/aromatic N) is 5. The van der Waals surface area contributed by atoms with Crippen LogP contribution in [-0.4, -0.2) is 71.4 Å². The number of benzene rings is 1. The van der Waals surface area contributed by atoms with Crippen molar-refractivity contribution in [2.45, 2.75) is 19.4 Å². The van der Waals surface area contributed by atoms with Crippen LogP contribution in [0.5, 0.6) is 0 Å². The molecule has 0 amide bonds. The molecule has 0 saturated carbocycles. The number of halogens is 1. The minimum Gasteiger partial charge on any atom is -0.367 e. The molecule has 1 unspecified atom stereocenters. The standard InChI is InChI=1S/C20H26ClN5O/c1-2-23-10-12-24(13-11-23)17-8-9-25(15-17)18-14-22-26(20(27)19(18)21)16-6-4-3-5-7-16/h3-7,14,17H,2,8-13,15H2,1H3. The Morgan fingerprint density at radius 2 is 1.85 bits per heavy atom. The molecule has 1 atom stereocenters. The van der Waals surface area contributed by atoms with Gasteiger partial charge in [-0.15, -0.1) is 0 Å². The molecule has 0 bridgehead atoms. The average molecular weight is 388 g/mol. The van der Waals surface area contributed by atoms with Gasteiger partial charge in [-0.3, -0.25) is 9.69 Å². The molecule has 4 rings (SSSR count). The summed E-state index contributed by atoms with van der Waals surface area (Å²) in [4.78, 5) is 20.0. The summed E-state index contributed by atoms with van der Waals surface area (Å²) in [6, 6.07) is 9.91. The third-order valence-electron chi connectivity index (χ3n) is 5.78. The zero-order valence-corrected chi connectivity index (χ0v) is 16.5. The van der Waals surface area contributed by atoms with Crippen molar-refractivity contribution in [3.8, 4) is 5.69 Å². The predicted octanol–water partition coefficient (Wildman–Crippen LogP) is 2.10. The SMILES string of the molecule is CCN1CCN(C2CCN(c3cnn(-c4ccccc4)c(=O)c3Cl)C2)CC1. The summed E-state index contributed by atoms with van der Waals surface area (Å²) in [5.74, 6) is 0. The zero-order chi connectivity index (χ0) is 18.8. The lowest BCUT2D eigenvalue weighted by Gasteiger charge is -2.37. The molecule has 3 heterocycles. The molecule has 1 aromatic carbocycles. The van der Waals surface area contributed by atoms with Gasteiger partial charge in [0.25, 0.3) is 5.56 Å². The predicted molar refractivity (Wildman–Crippen MR) is 109 cm³/mol. The molecule has 7 heteroatoms. The van der Waals surface area contributed by atoms with Gasteiger partial charge >= 0.3 is 0 Å². The van der Waals surface area contributed by atoms with E-state index in [9.17, 15) is 4.79 Å². The molecule has 2 fully saturated rings. The second kappa shape index (κ2) is 8.00. The van der Waals surface area contributed by atoms with Crippen LogP contribution in [0.15, 0.2) is 41.3 Å². The highest BCUT2D eigenvalue weighted by Gasteiger charge is 2.31. The number of aromatic nitrogens is 2. The number of rotatable bonds is 4. The quantitative estimate of drug-likeness (QED) is 0.803. The smallest absolute Gasteiger partial charge is 0.292 e. The second-order valence-electron chi connectivity index (χ2n) is 7.26. The van der Waals surface area contributed by atoms with Crippen molar-refractivity contribution in [3.63, 3.8) is 0 Å². The summed E-state index contributed by atoms with van der Waals surface area (Å²) >= 11 is 6.46. The van der Waals surface area contributed by atoms with Crippen LogP contribution < -0.4 is 10.5 Å². The second-order valence-corrected chi connectivity index (χ2v) is 7.63. The first-order chi connectivity index (χ1) is 13.2. The van der Waals surface area contributed by atoms with E-state index in [1.165, 1.54) is 4.68 Å². The fraction of sp³-hybridized carbons (Fsp3) is 0.500. The minimum atomic E-state index is -0.264. The van der Waals surface area contributed by atoms with Gasteiger partial charge in [0, 0.05) is 45.3 Å². The summed E-state index contributed by atoms with van der Waals surface area (Å²) in [6.07, 6.45) is 2.83. The molecule has 2 aliphatic heterocycles. The molecule has 0 spiro atoms. The third kappa shape index (κ3) is 3.74. The van der Waals surface area contributed by atoms with Gasteiger partial charge in [0.05, 0.1) is 17.6 Å². The Morgan fingerprint density at radius 3 is 2.56 bits per heavy atom. The van der Waals surface area contributed by atoms with Gasteiger partial charge in [-0.05, 0) is 25.1 Å². The lowest BCUT2D eigenvalue weighted by Crippen LogP contribution is -2.50. The minimum absolute atomic E-state index is 0.255. The maximum absolute atomic E-state index is 12.7. The van der Waals surface area contributed by atoms with Crippen molar-refractivity contribution in [2.75, 3.05) is 50.7 Å². The van der Waals surface area contributed by atoms with Crippen LogP contribution in [0, 0.1) is 0 Å². The highest BCUT2D eigenvalue weighted by molar-refractivity contribution is 6.33. The Hall–Kier alpha value is -1.89. The molecular weight excluding hydrogens is 362 g/mol. The van der Waals surface area contributed by atoms with E-state index >= 15 is 0 Å². The number of likely N-dealkylation sites (N-methyl/N-ethyl adjacent to an activating group) is 1. The molecule has 2 aliphatic rings. The summed E-state index contributed by atoms with van der Waals surface area (Å²) in [6.45, 7) is 9.69. The fourth-order valence-corrected chi connectivity index (χ4v) is 4.35.